The van der Waals surface area contributed by atoms with Crippen LogP contribution in [0.2, 0.25) is 0 Å². The van der Waals surface area contributed by atoms with Crippen molar-refractivity contribution in [3.63, 3.8) is 0 Å². The Bertz CT molecular complexity index is 419. The van der Waals surface area contributed by atoms with E-state index < -0.39 is 0 Å². The first-order valence-corrected chi connectivity index (χ1v) is 6.45. The summed E-state index contributed by atoms with van der Waals surface area (Å²) in [6.07, 6.45) is 0.743. The Hall–Kier alpha value is -1.58. The summed E-state index contributed by atoms with van der Waals surface area (Å²) >= 11 is 0. The third-order valence-corrected chi connectivity index (χ3v) is 2.90. The van der Waals surface area contributed by atoms with Crippen LogP contribution in [0.25, 0.3) is 0 Å². The van der Waals surface area contributed by atoms with Crippen LogP contribution in [-0.4, -0.2) is 21.3 Å². The summed E-state index contributed by atoms with van der Waals surface area (Å²) in [6.45, 7) is 1.13. The molecule has 0 saturated carbocycles. The first kappa shape index (κ1) is 13.8. The topological polar surface area (TPSA) is 18.5 Å². The molecule has 0 amide bonds. The highest BCUT2D eigenvalue weighted by Crippen LogP contribution is 2.25. The Kier molecular flexibility index (Phi) is 5.66. The van der Waals surface area contributed by atoms with E-state index in [1.165, 1.54) is 0 Å². The zero-order chi connectivity index (χ0) is 13.3. The standard InChI is InChI=1S/C16H17BO2/c17-19-13-7-12-18-16(14-8-3-1-4-9-14)15-10-5-2-6-11-15/h1-6,8-11,16H,7,12-13H2. The minimum absolute atomic E-state index is 0.0415. The molecular weight excluding hydrogens is 235 g/mol. The first-order chi connectivity index (χ1) is 9.42. The Balaban J connectivity index is 2.10. The molecular formula is C16H17BO2. The van der Waals surface area contributed by atoms with Gasteiger partial charge in [-0.05, 0) is 17.5 Å². The van der Waals surface area contributed by atoms with Gasteiger partial charge in [0.2, 0.25) is 0 Å². The molecule has 2 nitrogen and oxygen atoms in total. The summed E-state index contributed by atoms with van der Waals surface area (Å²) < 4.78 is 10.5. The van der Waals surface area contributed by atoms with Gasteiger partial charge in [0.15, 0.2) is 0 Å². The maximum absolute atomic E-state index is 5.98. The predicted octanol–water partition coefficient (Wildman–Crippen LogP) is 3.28. The van der Waals surface area contributed by atoms with E-state index >= 15 is 0 Å². The van der Waals surface area contributed by atoms with Crippen molar-refractivity contribution in [3.8, 4) is 0 Å². The summed E-state index contributed by atoms with van der Waals surface area (Å²) in [4.78, 5) is 0. The van der Waals surface area contributed by atoms with Gasteiger partial charge in [-0.1, -0.05) is 60.7 Å². The van der Waals surface area contributed by atoms with Gasteiger partial charge in [0.25, 0.3) is 8.05 Å². The molecule has 0 fully saturated rings. The van der Waals surface area contributed by atoms with Crippen molar-refractivity contribution in [3.05, 3.63) is 71.8 Å². The molecule has 0 bridgehead atoms. The molecule has 2 aromatic rings. The Morgan fingerprint density at radius 1 is 0.789 bits per heavy atom. The average Bonchev–Trinajstić information content (AvgIpc) is 2.49. The highest BCUT2D eigenvalue weighted by atomic mass is 16.5. The van der Waals surface area contributed by atoms with Gasteiger partial charge in [-0.25, -0.2) is 0 Å². The van der Waals surface area contributed by atoms with Crippen LogP contribution in [0.1, 0.15) is 23.7 Å². The lowest BCUT2D eigenvalue weighted by Gasteiger charge is -2.19. The van der Waals surface area contributed by atoms with E-state index in [1.54, 1.807) is 0 Å². The molecule has 0 aliphatic heterocycles. The minimum Gasteiger partial charge on any atom is -0.447 e. The molecule has 2 radical (unpaired) electrons. The van der Waals surface area contributed by atoms with Gasteiger partial charge < -0.3 is 9.39 Å². The molecule has 0 aliphatic carbocycles. The first-order valence-electron chi connectivity index (χ1n) is 6.45. The SMILES string of the molecule is [B]OCCCOC(c1ccccc1)c1ccccc1. The monoisotopic (exact) mass is 252 g/mol. The molecule has 0 saturated heterocycles. The van der Waals surface area contributed by atoms with E-state index in [0.717, 1.165) is 17.5 Å². The maximum atomic E-state index is 5.98. The van der Waals surface area contributed by atoms with Crippen LogP contribution >= 0.6 is 0 Å². The number of hydrogen-bond donors (Lipinski definition) is 0. The zero-order valence-corrected chi connectivity index (χ0v) is 10.9. The molecule has 0 heterocycles. The number of hydrogen-bond acceptors (Lipinski definition) is 2. The van der Waals surface area contributed by atoms with Gasteiger partial charge in [0, 0.05) is 13.2 Å². The number of ether oxygens (including phenoxy) is 1. The fourth-order valence-electron chi connectivity index (χ4n) is 1.98. The van der Waals surface area contributed by atoms with Crippen molar-refractivity contribution in [1.82, 2.24) is 0 Å². The van der Waals surface area contributed by atoms with E-state index in [2.05, 4.69) is 28.9 Å². The lowest BCUT2D eigenvalue weighted by atomic mass is 10.0. The average molecular weight is 252 g/mol. The second kappa shape index (κ2) is 7.77. The largest absolute Gasteiger partial charge is 0.447 e. The van der Waals surface area contributed by atoms with Gasteiger partial charge in [-0.15, -0.1) is 0 Å². The zero-order valence-electron chi connectivity index (χ0n) is 10.9. The summed E-state index contributed by atoms with van der Waals surface area (Å²) in [5.41, 5.74) is 2.31. The van der Waals surface area contributed by atoms with Crippen LogP contribution in [0.3, 0.4) is 0 Å². The predicted molar refractivity (Wildman–Crippen MR) is 77.0 cm³/mol. The molecule has 0 unspecified atom stereocenters. The van der Waals surface area contributed by atoms with Crippen LogP contribution in [0.15, 0.2) is 60.7 Å². The third kappa shape index (κ3) is 4.23. The molecule has 0 N–H and O–H groups in total. The molecule has 19 heavy (non-hydrogen) atoms. The van der Waals surface area contributed by atoms with Crippen LogP contribution in [-0.2, 0) is 9.39 Å². The Labute approximate surface area is 115 Å². The quantitative estimate of drug-likeness (QED) is 0.556. The van der Waals surface area contributed by atoms with Crippen molar-refractivity contribution in [2.75, 3.05) is 13.2 Å². The number of benzene rings is 2. The molecule has 96 valence electrons. The maximum Gasteiger partial charge on any atom is 0.282 e. The third-order valence-electron chi connectivity index (χ3n) is 2.90. The summed E-state index contributed by atoms with van der Waals surface area (Å²) in [5.74, 6) is 0. The molecule has 2 aromatic carbocycles. The van der Waals surface area contributed by atoms with Crippen molar-refractivity contribution in [2.45, 2.75) is 12.5 Å². The molecule has 2 rings (SSSR count). The number of rotatable bonds is 7. The Morgan fingerprint density at radius 3 is 1.79 bits per heavy atom. The fraction of sp³-hybridized carbons (Fsp3) is 0.250. The van der Waals surface area contributed by atoms with Crippen molar-refractivity contribution in [1.29, 1.82) is 0 Å². The lowest BCUT2D eigenvalue weighted by Crippen LogP contribution is -2.08. The summed E-state index contributed by atoms with van der Waals surface area (Å²) in [6, 6.07) is 20.4. The fourth-order valence-corrected chi connectivity index (χ4v) is 1.98. The highest BCUT2D eigenvalue weighted by Gasteiger charge is 2.13. The second-order valence-corrected chi connectivity index (χ2v) is 4.30. The summed E-state index contributed by atoms with van der Waals surface area (Å²) in [5, 5.41) is 0. The smallest absolute Gasteiger partial charge is 0.282 e. The lowest BCUT2D eigenvalue weighted by molar-refractivity contribution is 0.0711. The van der Waals surface area contributed by atoms with Crippen molar-refractivity contribution in [2.24, 2.45) is 0 Å². The van der Waals surface area contributed by atoms with Gasteiger partial charge in [-0.3, -0.25) is 0 Å². The molecule has 0 aromatic heterocycles. The minimum atomic E-state index is -0.0415. The Morgan fingerprint density at radius 2 is 1.32 bits per heavy atom. The van der Waals surface area contributed by atoms with Crippen molar-refractivity contribution >= 4 is 8.05 Å². The van der Waals surface area contributed by atoms with E-state index in [1.807, 2.05) is 36.4 Å². The van der Waals surface area contributed by atoms with E-state index in [-0.39, 0.29) is 6.10 Å². The van der Waals surface area contributed by atoms with Gasteiger partial charge in [0.1, 0.15) is 6.10 Å². The molecule has 0 aliphatic rings. The van der Waals surface area contributed by atoms with Crippen LogP contribution < -0.4 is 0 Å². The van der Waals surface area contributed by atoms with E-state index in [0.29, 0.717) is 13.2 Å². The highest BCUT2D eigenvalue weighted by molar-refractivity contribution is 5.97. The summed E-state index contributed by atoms with van der Waals surface area (Å²) in [7, 11) is 5.01. The van der Waals surface area contributed by atoms with Gasteiger partial charge >= 0.3 is 0 Å². The molecule has 0 spiro atoms. The van der Waals surface area contributed by atoms with Crippen molar-refractivity contribution < 1.29 is 9.39 Å². The second-order valence-electron chi connectivity index (χ2n) is 4.30. The molecule has 0 atom stereocenters. The van der Waals surface area contributed by atoms with Crippen LogP contribution in [0.5, 0.6) is 0 Å². The van der Waals surface area contributed by atoms with E-state index in [4.69, 9.17) is 12.8 Å². The van der Waals surface area contributed by atoms with Crippen LogP contribution in [0.4, 0.5) is 0 Å². The van der Waals surface area contributed by atoms with Crippen LogP contribution in [0, 0.1) is 0 Å². The van der Waals surface area contributed by atoms with Gasteiger partial charge in [0.05, 0.1) is 0 Å². The van der Waals surface area contributed by atoms with E-state index in [9.17, 15) is 0 Å². The normalized spacial score (nSPS) is 10.8. The molecule has 3 heteroatoms. The van der Waals surface area contributed by atoms with Gasteiger partial charge in [-0.2, -0.15) is 0 Å².